The Labute approximate surface area is 146 Å². The van der Waals surface area contributed by atoms with Crippen molar-refractivity contribution in [1.29, 1.82) is 0 Å². The van der Waals surface area contributed by atoms with Crippen molar-refractivity contribution in [3.8, 4) is 0 Å². The van der Waals surface area contributed by atoms with E-state index in [2.05, 4.69) is 20.6 Å². The highest BCUT2D eigenvalue weighted by Crippen LogP contribution is 2.21. The Morgan fingerprint density at radius 2 is 1.88 bits per heavy atom. The second-order valence-corrected chi connectivity index (χ2v) is 5.76. The van der Waals surface area contributed by atoms with Crippen LogP contribution in [0.4, 0.5) is 32.3 Å². The zero-order valence-electron chi connectivity index (χ0n) is 15.1. The lowest BCUT2D eigenvalue weighted by Crippen LogP contribution is -2.27. The van der Waals surface area contributed by atoms with Gasteiger partial charge in [0, 0.05) is 11.4 Å². The summed E-state index contributed by atoms with van der Waals surface area (Å²) < 4.78 is 18.8. The van der Waals surface area contributed by atoms with Crippen LogP contribution in [0.3, 0.4) is 0 Å². The number of carbonyl (C=O) groups excluding carboxylic acids is 1. The van der Waals surface area contributed by atoms with Crippen LogP contribution in [0.5, 0.6) is 0 Å². The fraction of sp³-hybridized carbons (Fsp3) is 0.353. The van der Waals surface area contributed by atoms with Crippen molar-refractivity contribution in [3.63, 3.8) is 0 Å². The maximum atomic E-state index is 13.6. The molecule has 0 radical (unpaired) electrons. The molecule has 1 aromatic heterocycles. The third-order valence-electron chi connectivity index (χ3n) is 2.53. The van der Waals surface area contributed by atoms with Crippen molar-refractivity contribution in [2.75, 3.05) is 16.4 Å². The molecular formula is C17H24FN5O2. The molecule has 0 saturated heterocycles. The molecule has 0 aliphatic heterocycles. The number of hydrogen-bond donors (Lipinski definition) is 3. The van der Waals surface area contributed by atoms with E-state index in [1.54, 1.807) is 45.0 Å². The number of benzene rings is 1. The summed E-state index contributed by atoms with van der Waals surface area (Å²) in [4.78, 5) is 19.1. The maximum absolute atomic E-state index is 13.6. The van der Waals surface area contributed by atoms with Crippen LogP contribution in [-0.4, -0.2) is 21.7 Å². The lowest BCUT2D eigenvalue weighted by atomic mass is 10.2. The smallest absolute Gasteiger partial charge is 0.412 e. The van der Waals surface area contributed by atoms with Crippen molar-refractivity contribution in [2.24, 2.45) is 0 Å². The minimum Gasteiger partial charge on any atom is -0.444 e. The lowest BCUT2D eigenvalue weighted by Gasteiger charge is -2.19. The molecule has 1 heterocycles. The van der Waals surface area contributed by atoms with Crippen LogP contribution in [-0.2, 0) is 4.74 Å². The summed E-state index contributed by atoms with van der Waals surface area (Å²) in [5.41, 5.74) is 5.85. The number of aromatic nitrogens is 2. The van der Waals surface area contributed by atoms with Gasteiger partial charge >= 0.3 is 6.09 Å². The van der Waals surface area contributed by atoms with Gasteiger partial charge in [-0.05, 0) is 39.0 Å². The Balaban J connectivity index is 0.00000151. The Kier molecular flexibility index (Phi) is 7.10. The molecule has 136 valence electrons. The number of rotatable bonds is 3. The predicted molar refractivity (Wildman–Crippen MR) is 97.3 cm³/mol. The van der Waals surface area contributed by atoms with Gasteiger partial charge in [0.15, 0.2) is 11.6 Å². The highest BCUT2D eigenvalue weighted by molar-refractivity contribution is 5.85. The Bertz CT molecular complexity index is 716. The number of nitrogens with one attached hydrogen (secondary N) is 2. The molecule has 0 fully saturated rings. The number of nitrogens with two attached hydrogens (primary N) is 1. The van der Waals surface area contributed by atoms with Gasteiger partial charge in [0.05, 0.1) is 6.20 Å². The number of amides is 1. The first-order chi connectivity index (χ1) is 11.7. The minimum absolute atomic E-state index is 0.0445. The summed E-state index contributed by atoms with van der Waals surface area (Å²) in [5, 5.41) is 5.37. The van der Waals surface area contributed by atoms with Gasteiger partial charge in [-0.15, -0.1) is 0 Å². The third-order valence-corrected chi connectivity index (χ3v) is 2.53. The quantitative estimate of drug-likeness (QED) is 0.763. The first kappa shape index (κ1) is 20.1. The first-order valence-corrected chi connectivity index (χ1v) is 7.88. The average molecular weight is 349 g/mol. The predicted octanol–water partition coefficient (Wildman–Crippen LogP) is 4.31. The van der Waals surface area contributed by atoms with Crippen molar-refractivity contribution in [2.45, 2.75) is 40.2 Å². The number of nitrogen functional groups attached to an aromatic ring is 1. The largest absolute Gasteiger partial charge is 0.444 e. The highest BCUT2D eigenvalue weighted by atomic mass is 19.1. The fourth-order valence-corrected chi connectivity index (χ4v) is 1.70. The van der Waals surface area contributed by atoms with Gasteiger partial charge < -0.3 is 15.8 Å². The molecule has 0 spiro atoms. The molecule has 0 aliphatic rings. The topological polar surface area (TPSA) is 102 Å². The summed E-state index contributed by atoms with van der Waals surface area (Å²) in [6, 6.07) is 6.68. The van der Waals surface area contributed by atoms with E-state index in [4.69, 9.17) is 10.5 Å². The van der Waals surface area contributed by atoms with Gasteiger partial charge in [-0.1, -0.05) is 19.9 Å². The molecule has 8 heteroatoms. The third kappa shape index (κ3) is 7.03. The molecule has 25 heavy (non-hydrogen) atoms. The molecule has 0 saturated carbocycles. The maximum Gasteiger partial charge on any atom is 0.412 e. The van der Waals surface area contributed by atoms with Crippen LogP contribution < -0.4 is 16.4 Å². The van der Waals surface area contributed by atoms with E-state index in [-0.39, 0.29) is 11.8 Å². The van der Waals surface area contributed by atoms with Gasteiger partial charge in [-0.3, -0.25) is 5.32 Å². The monoisotopic (exact) mass is 349 g/mol. The molecule has 2 aromatic rings. The van der Waals surface area contributed by atoms with Crippen LogP contribution in [0.15, 0.2) is 30.5 Å². The standard InChI is InChI=1S/C15H18FN5O2.C2H6/c1-15(2,3)23-14(22)20-10-6-4-5-9(7-10)19-12-11(16)8-18-13(17)21-12;1-2/h4-8H,1-3H3,(H,20,22)(H3,17,18,19,21);1-2H3. The molecular weight excluding hydrogens is 325 g/mol. The minimum atomic E-state index is -0.635. The summed E-state index contributed by atoms with van der Waals surface area (Å²) in [6.07, 6.45) is 0.403. The Hall–Kier alpha value is -2.90. The molecule has 2 rings (SSSR count). The average Bonchev–Trinajstić information content (AvgIpc) is 2.51. The van der Waals surface area contributed by atoms with E-state index < -0.39 is 17.5 Å². The van der Waals surface area contributed by atoms with E-state index in [1.807, 2.05) is 13.8 Å². The van der Waals surface area contributed by atoms with E-state index in [0.29, 0.717) is 11.4 Å². The molecule has 1 aromatic carbocycles. The summed E-state index contributed by atoms with van der Waals surface area (Å²) in [5.74, 6) is -0.728. The Morgan fingerprint density at radius 3 is 2.52 bits per heavy atom. The number of hydrogen-bond acceptors (Lipinski definition) is 6. The molecule has 1 amide bonds. The number of anilines is 4. The SMILES string of the molecule is CC.CC(C)(C)OC(=O)Nc1cccc(Nc2nc(N)ncc2F)c1. The molecule has 0 aliphatic carbocycles. The number of nitrogens with zero attached hydrogens (tertiary/aromatic N) is 2. The molecule has 0 unspecified atom stereocenters. The van der Waals surface area contributed by atoms with Crippen molar-refractivity contribution < 1.29 is 13.9 Å². The van der Waals surface area contributed by atoms with Crippen LogP contribution in [0.1, 0.15) is 34.6 Å². The summed E-state index contributed by atoms with van der Waals surface area (Å²) in [7, 11) is 0. The molecule has 4 N–H and O–H groups in total. The van der Waals surface area contributed by atoms with E-state index in [9.17, 15) is 9.18 Å². The highest BCUT2D eigenvalue weighted by Gasteiger charge is 2.16. The number of halogens is 1. The molecule has 0 atom stereocenters. The second-order valence-electron chi connectivity index (χ2n) is 5.76. The van der Waals surface area contributed by atoms with Gasteiger partial charge in [0.25, 0.3) is 0 Å². The van der Waals surface area contributed by atoms with Gasteiger partial charge in [0.2, 0.25) is 5.95 Å². The number of ether oxygens (including phenoxy) is 1. The van der Waals surface area contributed by atoms with E-state index in [0.717, 1.165) is 6.20 Å². The van der Waals surface area contributed by atoms with E-state index >= 15 is 0 Å². The molecule has 7 nitrogen and oxygen atoms in total. The molecule has 0 bridgehead atoms. The van der Waals surface area contributed by atoms with Crippen molar-refractivity contribution in [3.05, 3.63) is 36.3 Å². The van der Waals surface area contributed by atoms with Crippen molar-refractivity contribution in [1.82, 2.24) is 9.97 Å². The summed E-state index contributed by atoms with van der Waals surface area (Å²) >= 11 is 0. The fourth-order valence-electron chi connectivity index (χ4n) is 1.70. The zero-order chi connectivity index (χ0) is 19.0. The van der Waals surface area contributed by atoms with Gasteiger partial charge in [0.1, 0.15) is 5.60 Å². The van der Waals surface area contributed by atoms with Crippen molar-refractivity contribution >= 4 is 29.2 Å². The normalized spacial score (nSPS) is 10.3. The number of carbonyl (C=O) groups is 1. The van der Waals surface area contributed by atoms with Gasteiger partial charge in [-0.2, -0.15) is 4.98 Å². The summed E-state index contributed by atoms with van der Waals surface area (Å²) in [6.45, 7) is 9.31. The van der Waals surface area contributed by atoms with Gasteiger partial charge in [-0.25, -0.2) is 14.2 Å². The Morgan fingerprint density at radius 1 is 1.24 bits per heavy atom. The van der Waals surface area contributed by atoms with Crippen LogP contribution >= 0.6 is 0 Å². The van der Waals surface area contributed by atoms with Crippen LogP contribution in [0.25, 0.3) is 0 Å². The second kappa shape index (κ2) is 8.81. The van der Waals surface area contributed by atoms with E-state index in [1.165, 1.54) is 0 Å². The zero-order valence-corrected chi connectivity index (χ0v) is 15.1. The first-order valence-electron chi connectivity index (χ1n) is 7.88. The lowest BCUT2D eigenvalue weighted by molar-refractivity contribution is 0.0636. The van der Waals surface area contributed by atoms with Crippen LogP contribution in [0, 0.1) is 5.82 Å². The van der Waals surface area contributed by atoms with Crippen LogP contribution in [0.2, 0.25) is 0 Å².